The topological polar surface area (TPSA) is 120 Å². The van der Waals surface area contributed by atoms with Crippen LogP contribution in [0, 0.1) is 0 Å². The van der Waals surface area contributed by atoms with E-state index in [0.717, 1.165) is 11.4 Å². The first-order valence-electron chi connectivity index (χ1n) is 11.0. The predicted molar refractivity (Wildman–Crippen MR) is 135 cm³/mol. The Kier molecular flexibility index (Phi) is 6.97. The van der Waals surface area contributed by atoms with E-state index < -0.39 is 0 Å². The lowest BCUT2D eigenvalue weighted by atomic mass is 9.92. The van der Waals surface area contributed by atoms with Gasteiger partial charge in [0.25, 0.3) is 0 Å². The number of hydrogen-bond donors (Lipinski definition) is 2. The Morgan fingerprint density at radius 2 is 1.69 bits per heavy atom. The maximum Gasteiger partial charge on any atom is 0.236 e. The van der Waals surface area contributed by atoms with E-state index >= 15 is 0 Å². The zero-order valence-electron chi connectivity index (χ0n) is 19.9. The van der Waals surface area contributed by atoms with E-state index in [9.17, 15) is 9.59 Å². The van der Waals surface area contributed by atoms with Crippen LogP contribution in [0.15, 0.2) is 65.8 Å². The van der Waals surface area contributed by atoms with Gasteiger partial charge in [-0.15, -0.1) is 5.10 Å². The molecule has 2 aromatic carbocycles. The number of benzene rings is 2. The van der Waals surface area contributed by atoms with Crippen LogP contribution in [-0.2, 0) is 15.0 Å². The minimum Gasteiger partial charge on any atom is -0.326 e. The third-order valence-corrected chi connectivity index (χ3v) is 5.85. The number of thioether (sulfide) groups is 1. The second kappa shape index (κ2) is 10.1. The fraction of sp³-hybridized carbons (Fsp3) is 0.250. The largest absolute Gasteiger partial charge is 0.326 e. The summed E-state index contributed by atoms with van der Waals surface area (Å²) in [5.74, 6) is 0.300. The number of hydrogen-bond acceptors (Lipinski definition) is 7. The lowest BCUT2D eigenvalue weighted by molar-refractivity contribution is -0.114. The molecule has 11 heteroatoms. The summed E-state index contributed by atoms with van der Waals surface area (Å²) in [6, 6.07) is 18.7. The molecule has 2 aromatic heterocycles. The van der Waals surface area contributed by atoms with Crippen molar-refractivity contribution in [1.29, 1.82) is 0 Å². The van der Waals surface area contributed by atoms with Gasteiger partial charge in [0.05, 0.1) is 22.8 Å². The van der Waals surface area contributed by atoms with Crippen molar-refractivity contribution >= 4 is 35.1 Å². The molecule has 0 bridgehead atoms. The third kappa shape index (κ3) is 5.93. The summed E-state index contributed by atoms with van der Waals surface area (Å²) in [7, 11) is 0. The average Bonchev–Trinajstić information content (AvgIpc) is 3.45. The molecule has 0 aliphatic heterocycles. The molecule has 0 spiro atoms. The predicted octanol–water partition coefficient (Wildman–Crippen LogP) is 3.83. The van der Waals surface area contributed by atoms with E-state index in [-0.39, 0.29) is 23.0 Å². The molecule has 10 nitrogen and oxygen atoms in total. The van der Waals surface area contributed by atoms with Gasteiger partial charge in [-0.2, -0.15) is 9.78 Å². The molecule has 0 aliphatic rings. The van der Waals surface area contributed by atoms with E-state index in [1.807, 2.05) is 42.5 Å². The summed E-state index contributed by atoms with van der Waals surface area (Å²) in [5.41, 5.74) is 2.84. The van der Waals surface area contributed by atoms with Crippen LogP contribution in [0.4, 0.5) is 11.5 Å². The number of anilines is 2. The summed E-state index contributed by atoms with van der Waals surface area (Å²) in [5, 5.41) is 22.7. The molecule has 2 N–H and O–H groups in total. The smallest absolute Gasteiger partial charge is 0.236 e. The van der Waals surface area contributed by atoms with E-state index in [4.69, 9.17) is 5.10 Å². The maximum atomic E-state index is 12.9. The Morgan fingerprint density at radius 1 is 0.943 bits per heavy atom. The van der Waals surface area contributed by atoms with Crippen LogP contribution in [0.25, 0.3) is 11.4 Å². The number of tetrazole rings is 1. The Hall–Kier alpha value is -3.99. The van der Waals surface area contributed by atoms with Gasteiger partial charge in [0.15, 0.2) is 0 Å². The first kappa shape index (κ1) is 24.1. The standard InChI is InChI=1S/C24H26N8O2S/c1-16(33)25-17-9-8-12-19(13-17)32-23(27-29-30-32)35-15-22(34)26-21-14-20(24(2,3)4)28-31(21)18-10-6-5-7-11-18/h5-14H,15H2,1-4H3,(H,25,33)(H,26,34). The molecule has 0 fully saturated rings. The van der Waals surface area contributed by atoms with E-state index in [1.165, 1.54) is 23.4 Å². The summed E-state index contributed by atoms with van der Waals surface area (Å²) in [4.78, 5) is 24.2. The Morgan fingerprint density at radius 3 is 2.40 bits per heavy atom. The van der Waals surface area contributed by atoms with Crippen LogP contribution in [0.5, 0.6) is 0 Å². The lowest BCUT2D eigenvalue weighted by Crippen LogP contribution is -2.17. The van der Waals surface area contributed by atoms with Crippen molar-refractivity contribution in [2.75, 3.05) is 16.4 Å². The van der Waals surface area contributed by atoms with Crippen molar-refractivity contribution in [1.82, 2.24) is 30.0 Å². The van der Waals surface area contributed by atoms with Gasteiger partial charge in [0, 0.05) is 24.1 Å². The van der Waals surface area contributed by atoms with Crippen molar-refractivity contribution in [3.63, 3.8) is 0 Å². The zero-order valence-corrected chi connectivity index (χ0v) is 20.7. The lowest BCUT2D eigenvalue weighted by Gasteiger charge is -2.14. The van der Waals surface area contributed by atoms with Crippen LogP contribution in [0.3, 0.4) is 0 Å². The molecule has 0 atom stereocenters. The van der Waals surface area contributed by atoms with Crippen molar-refractivity contribution in [2.45, 2.75) is 38.3 Å². The summed E-state index contributed by atoms with van der Waals surface area (Å²) >= 11 is 1.21. The minimum atomic E-state index is -0.214. The second-order valence-corrected chi connectivity index (χ2v) is 9.80. The summed E-state index contributed by atoms with van der Waals surface area (Å²) in [6.45, 7) is 7.67. The number of carbonyl (C=O) groups is 2. The van der Waals surface area contributed by atoms with Gasteiger partial charge in [-0.05, 0) is 40.8 Å². The van der Waals surface area contributed by atoms with Crippen LogP contribution < -0.4 is 10.6 Å². The van der Waals surface area contributed by atoms with Gasteiger partial charge in [-0.1, -0.05) is 56.8 Å². The first-order valence-corrected chi connectivity index (χ1v) is 11.9. The molecule has 2 heterocycles. The highest BCUT2D eigenvalue weighted by Crippen LogP contribution is 2.27. The van der Waals surface area contributed by atoms with Crippen molar-refractivity contribution < 1.29 is 9.59 Å². The number of amides is 2. The van der Waals surface area contributed by atoms with Crippen LogP contribution in [-0.4, -0.2) is 47.6 Å². The fourth-order valence-electron chi connectivity index (χ4n) is 3.26. The highest BCUT2D eigenvalue weighted by Gasteiger charge is 2.22. The monoisotopic (exact) mass is 490 g/mol. The number of para-hydroxylation sites is 1. The van der Waals surface area contributed by atoms with Gasteiger partial charge >= 0.3 is 0 Å². The van der Waals surface area contributed by atoms with Crippen LogP contribution in [0.2, 0.25) is 0 Å². The van der Waals surface area contributed by atoms with Crippen molar-refractivity contribution in [3.05, 3.63) is 66.4 Å². The summed E-state index contributed by atoms with van der Waals surface area (Å²) < 4.78 is 3.26. The second-order valence-electron chi connectivity index (χ2n) is 8.85. The first-order chi connectivity index (χ1) is 16.7. The molecule has 2 amide bonds. The van der Waals surface area contributed by atoms with Gasteiger partial charge in [-0.25, -0.2) is 4.68 Å². The molecule has 0 saturated heterocycles. The highest BCUT2D eigenvalue weighted by molar-refractivity contribution is 7.99. The van der Waals surface area contributed by atoms with E-state index in [0.29, 0.717) is 22.3 Å². The van der Waals surface area contributed by atoms with Gasteiger partial charge in [-0.3, -0.25) is 9.59 Å². The highest BCUT2D eigenvalue weighted by atomic mass is 32.2. The molecule has 0 aliphatic carbocycles. The third-order valence-electron chi connectivity index (χ3n) is 4.93. The molecule has 180 valence electrons. The minimum absolute atomic E-state index is 0.0938. The number of rotatable bonds is 7. The fourth-order valence-corrected chi connectivity index (χ4v) is 3.95. The summed E-state index contributed by atoms with van der Waals surface area (Å²) in [6.07, 6.45) is 0. The molecular formula is C24H26N8O2S. The maximum absolute atomic E-state index is 12.9. The molecule has 4 aromatic rings. The zero-order chi connectivity index (χ0) is 25.0. The number of nitrogens with one attached hydrogen (secondary N) is 2. The quantitative estimate of drug-likeness (QED) is 0.378. The molecular weight excluding hydrogens is 464 g/mol. The van der Waals surface area contributed by atoms with Gasteiger partial charge in [0.1, 0.15) is 5.82 Å². The van der Waals surface area contributed by atoms with E-state index in [2.05, 4.69) is 46.9 Å². The normalized spacial score (nSPS) is 11.3. The number of nitrogens with zero attached hydrogens (tertiary/aromatic N) is 6. The van der Waals surface area contributed by atoms with Gasteiger partial charge < -0.3 is 10.6 Å². The molecule has 0 saturated carbocycles. The number of aromatic nitrogens is 6. The van der Waals surface area contributed by atoms with Gasteiger partial charge in [0.2, 0.25) is 17.0 Å². The molecule has 0 radical (unpaired) electrons. The van der Waals surface area contributed by atoms with Crippen molar-refractivity contribution in [2.24, 2.45) is 0 Å². The van der Waals surface area contributed by atoms with Crippen LogP contribution in [0.1, 0.15) is 33.4 Å². The molecule has 4 rings (SSSR count). The Bertz CT molecular complexity index is 1340. The number of carbonyl (C=O) groups excluding carboxylic acids is 2. The molecule has 35 heavy (non-hydrogen) atoms. The van der Waals surface area contributed by atoms with Crippen molar-refractivity contribution in [3.8, 4) is 11.4 Å². The van der Waals surface area contributed by atoms with E-state index in [1.54, 1.807) is 22.9 Å². The Labute approximate surface area is 207 Å². The SMILES string of the molecule is CC(=O)Nc1cccc(-n2nnnc2SCC(=O)Nc2cc(C(C)(C)C)nn2-c2ccccc2)c1. The molecule has 0 unspecified atom stereocenters. The van der Waals surface area contributed by atoms with Crippen LogP contribution >= 0.6 is 11.8 Å². The average molecular weight is 491 g/mol. The Balaban J connectivity index is 1.49.